The van der Waals surface area contributed by atoms with Crippen molar-refractivity contribution in [3.8, 4) is 0 Å². The van der Waals surface area contributed by atoms with Crippen LogP contribution in [0.2, 0.25) is 0 Å². The van der Waals surface area contributed by atoms with Crippen LogP contribution >= 0.6 is 0 Å². The van der Waals surface area contributed by atoms with E-state index in [4.69, 9.17) is 9.47 Å². The maximum absolute atomic E-state index is 12.1. The van der Waals surface area contributed by atoms with Gasteiger partial charge in [0, 0.05) is 12.5 Å². The van der Waals surface area contributed by atoms with Gasteiger partial charge in [-0.2, -0.15) is 0 Å². The molecule has 0 radical (unpaired) electrons. The Hall–Kier alpha value is -1.15. The Bertz CT molecular complexity index is 470. The lowest BCUT2D eigenvalue weighted by Gasteiger charge is -2.31. The fraction of sp³-hybridized carbons (Fsp3) is 0.833. The molecule has 20 heavy (non-hydrogen) atoms. The summed E-state index contributed by atoms with van der Waals surface area (Å²) in [6, 6.07) is 0. The number of carbonyl (C=O) groups excluding carboxylic acids is 1. The van der Waals surface area contributed by atoms with E-state index >= 15 is 0 Å². The molecule has 0 aliphatic carbocycles. The third-order valence-corrected chi connectivity index (χ3v) is 5.25. The largest absolute Gasteiger partial charge is 0.480 e. The van der Waals surface area contributed by atoms with Gasteiger partial charge in [0.25, 0.3) is 0 Å². The van der Waals surface area contributed by atoms with Gasteiger partial charge in [-0.15, -0.1) is 0 Å². The van der Waals surface area contributed by atoms with Gasteiger partial charge in [-0.1, -0.05) is 0 Å². The van der Waals surface area contributed by atoms with E-state index in [2.05, 4.69) is 0 Å². The highest BCUT2D eigenvalue weighted by molar-refractivity contribution is 7.91. The number of aliphatic carboxylic acids is 1. The molecule has 1 rings (SSSR count). The van der Waals surface area contributed by atoms with Crippen LogP contribution in [0.4, 0.5) is 0 Å². The lowest BCUT2D eigenvalue weighted by atomic mass is 9.75. The summed E-state index contributed by atoms with van der Waals surface area (Å²) >= 11 is 0. The number of carboxylic acid groups (broad SMARTS) is 1. The van der Waals surface area contributed by atoms with Crippen LogP contribution in [0.1, 0.15) is 20.3 Å². The van der Waals surface area contributed by atoms with Crippen molar-refractivity contribution in [1.82, 2.24) is 0 Å². The van der Waals surface area contributed by atoms with E-state index in [0.29, 0.717) is 0 Å². The van der Waals surface area contributed by atoms with Crippen LogP contribution < -0.4 is 0 Å². The number of esters is 1. The maximum atomic E-state index is 12.1. The number of hydrogen-bond acceptors (Lipinski definition) is 6. The molecule has 116 valence electrons. The zero-order valence-electron chi connectivity index (χ0n) is 11.6. The molecule has 0 saturated carbocycles. The summed E-state index contributed by atoms with van der Waals surface area (Å²) in [5.41, 5.74) is -1.95. The van der Waals surface area contributed by atoms with Crippen molar-refractivity contribution in [2.24, 2.45) is 11.3 Å². The topological polar surface area (TPSA) is 107 Å². The molecule has 0 bridgehead atoms. The Balaban J connectivity index is 3.16. The quantitative estimate of drug-likeness (QED) is 0.524. The lowest BCUT2D eigenvalue weighted by molar-refractivity contribution is -0.178. The molecule has 0 aromatic carbocycles. The highest BCUT2D eigenvalue weighted by Crippen LogP contribution is 2.38. The number of sulfone groups is 1. The molecule has 8 heteroatoms. The minimum Gasteiger partial charge on any atom is -0.480 e. The summed E-state index contributed by atoms with van der Waals surface area (Å²) < 4.78 is 33.1. The standard InChI is InChI=1S/C12H20O7S/c1-3-18-8-12(10(13)14,11(15)19-4-2)9-5-6-20(16,17)7-9/h9H,3-8H2,1-2H3,(H,13,14). The fourth-order valence-corrected chi connectivity index (χ4v) is 4.25. The van der Waals surface area contributed by atoms with Crippen LogP contribution in [0.15, 0.2) is 0 Å². The van der Waals surface area contributed by atoms with Crippen LogP contribution in [0.5, 0.6) is 0 Å². The molecular formula is C12H20O7S. The summed E-state index contributed by atoms with van der Waals surface area (Å²) in [6.07, 6.45) is 0.126. The van der Waals surface area contributed by atoms with Crippen LogP contribution in [-0.2, 0) is 28.9 Å². The summed E-state index contributed by atoms with van der Waals surface area (Å²) in [7, 11) is -3.31. The Morgan fingerprint density at radius 2 is 1.95 bits per heavy atom. The third kappa shape index (κ3) is 3.29. The molecule has 1 aliphatic rings. The predicted molar refractivity (Wildman–Crippen MR) is 70.0 cm³/mol. The molecule has 2 unspecified atom stereocenters. The number of carbonyl (C=O) groups is 2. The van der Waals surface area contributed by atoms with E-state index in [-0.39, 0.29) is 37.7 Å². The predicted octanol–water partition coefficient (Wildman–Crippen LogP) is 0.0917. The number of hydrogen-bond donors (Lipinski definition) is 1. The first-order chi connectivity index (χ1) is 9.30. The molecule has 0 aromatic rings. The molecule has 0 amide bonds. The number of rotatable bonds is 7. The Morgan fingerprint density at radius 3 is 2.35 bits per heavy atom. The highest BCUT2D eigenvalue weighted by atomic mass is 32.2. The van der Waals surface area contributed by atoms with Crippen LogP contribution in [0.3, 0.4) is 0 Å². The molecule has 0 aromatic heterocycles. The summed E-state index contributed by atoms with van der Waals surface area (Å²) in [6.45, 7) is 3.12. The molecule has 1 N–H and O–H groups in total. The molecular weight excluding hydrogens is 288 g/mol. The normalized spacial score (nSPS) is 24.0. The first-order valence-electron chi connectivity index (χ1n) is 6.49. The minimum atomic E-state index is -3.31. The molecule has 1 fully saturated rings. The van der Waals surface area contributed by atoms with Gasteiger partial charge >= 0.3 is 11.9 Å². The van der Waals surface area contributed by atoms with Crippen molar-refractivity contribution in [2.75, 3.05) is 31.3 Å². The first kappa shape index (κ1) is 16.9. The monoisotopic (exact) mass is 308 g/mol. The van der Waals surface area contributed by atoms with Gasteiger partial charge in [-0.25, -0.2) is 8.42 Å². The fourth-order valence-electron chi connectivity index (χ4n) is 2.37. The second-order valence-corrected chi connectivity index (χ2v) is 6.96. The van der Waals surface area contributed by atoms with Gasteiger partial charge < -0.3 is 14.6 Å². The summed E-state index contributed by atoms with van der Waals surface area (Å²) in [5, 5.41) is 9.50. The third-order valence-electron chi connectivity index (χ3n) is 3.48. The van der Waals surface area contributed by atoms with E-state index in [1.807, 2.05) is 0 Å². The zero-order chi connectivity index (χ0) is 15.4. The van der Waals surface area contributed by atoms with Crippen molar-refractivity contribution in [2.45, 2.75) is 20.3 Å². The van der Waals surface area contributed by atoms with Crippen LogP contribution in [0.25, 0.3) is 0 Å². The van der Waals surface area contributed by atoms with Gasteiger partial charge in [0.2, 0.25) is 0 Å². The van der Waals surface area contributed by atoms with Gasteiger partial charge in [0.1, 0.15) is 0 Å². The van der Waals surface area contributed by atoms with Crippen molar-refractivity contribution >= 4 is 21.8 Å². The number of carboxylic acids is 1. The van der Waals surface area contributed by atoms with Crippen LogP contribution in [-0.4, -0.2) is 56.8 Å². The Labute approximate surface area is 118 Å². The van der Waals surface area contributed by atoms with Gasteiger partial charge in [-0.3, -0.25) is 9.59 Å². The number of ether oxygens (including phenoxy) is 2. The molecule has 2 atom stereocenters. The van der Waals surface area contributed by atoms with E-state index < -0.39 is 33.1 Å². The lowest BCUT2D eigenvalue weighted by Crippen LogP contribution is -2.51. The Kier molecular flexibility index (Phi) is 5.52. The second-order valence-electron chi connectivity index (χ2n) is 4.73. The average molecular weight is 308 g/mol. The molecule has 7 nitrogen and oxygen atoms in total. The average Bonchev–Trinajstić information content (AvgIpc) is 2.71. The first-order valence-corrected chi connectivity index (χ1v) is 8.31. The maximum Gasteiger partial charge on any atom is 0.326 e. The van der Waals surface area contributed by atoms with Gasteiger partial charge in [-0.05, 0) is 20.3 Å². The molecule has 1 heterocycles. The Morgan fingerprint density at radius 1 is 1.30 bits per heavy atom. The minimum absolute atomic E-state index is 0.0272. The van der Waals surface area contributed by atoms with E-state index in [1.165, 1.54) is 0 Å². The van der Waals surface area contributed by atoms with Crippen molar-refractivity contribution < 1.29 is 32.6 Å². The van der Waals surface area contributed by atoms with E-state index in [0.717, 1.165) is 0 Å². The van der Waals surface area contributed by atoms with Gasteiger partial charge in [0.05, 0.1) is 24.7 Å². The smallest absolute Gasteiger partial charge is 0.326 e. The zero-order valence-corrected chi connectivity index (χ0v) is 12.4. The molecule has 0 spiro atoms. The highest BCUT2D eigenvalue weighted by Gasteiger charge is 2.57. The summed E-state index contributed by atoms with van der Waals surface area (Å²) in [4.78, 5) is 23.8. The van der Waals surface area contributed by atoms with E-state index in [9.17, 15) is 23.1 Å². The molecule has 1 saturated heterocycles. The van der Waals surface area contributed by atoms with Crippen LogP contribution in [0, 0.1) is 11.3 Å². The van der Waals surface area contributed by atoms with Crippen molar-refractivity contribution in [1.29, 1.82) is 0 Å². The summed E-state index contributed by atoms with van der Waals surface area (Å²) in [5.74, 6) is -3.59. The molecule has 1 aliphatic heterocycles. The van der Waals surface area contributed by atoms with Gasteiger partial charge in [0.15, 0.2) is 15.3 Å². The van der Waals surface area contributed by atoms with Crippen molar-refractivity contribution in [3.63, 3.8) is 0 Å². The van der Waals surface area contributed by atoms with Crippen molar-refractivity contribution in [3.05, 3.63) is 0 Å². The second kappa shape index (κ2) is 6.53. The SMILES string of the molecule is CCOCC(C(=O)O)(C(=O)OCC)C1CCS(=O)(=O)C1. The van der Waals surface area contributed by atoms with E-state index in [1.54, 1.807) is 13.8 Å².